The van der Waals surface area contributed by atoms with Crippen LogP contribution in [-0.2, 0) is 0 Å². The fourth-order valence-corrected chi connectivity index (χ4v) is 3.07. The zero-order valence-corrected chi connectivity index (χ0v) is 12.0. The van der Waals surface area contributed by atoms with Gasteiger partial charge in [0.2, 0.25) is 0 Å². The molecule has 0 N–H and O–H groups in total. The van der Waals surface area contributed by atoms with Gasteiger partial charge in [0.25, 0.3) is 0 Å². The Morgan fingerprint density at radius 3 is 2.18 bits per heavy atom. The van der Waals surface area contributed by atoms with Crippen LogP contribution in [0.1, 0.15) is 10.4 Å². The Morgan fingerprint density at radius 1 is 1.00 bits per heavy atom. The van der Waals surface area contributed by atoms with Crippen LogP contribution in [0.4, 0.5) is 4.39 Å². The first-order chi connectivity index (χ1) is 8.15. The average Bonchev–Trinajstić information content (AvgIpc) is 2.33. The molecule has 0 unspecified atom stereocenters. The van der Waals surface area contributed by atoms with Gasteiger partial charge in [-0.2, -0.15) is 0 Å². The molecule has 0 saturated heterocycles. The van der Waals surface area contributed by atoms with Gasteiger partial charge in [-0.25, -0.2) is 0 Å². The molecule has 2 rings (SSSR count). The summed E-state index contributed by atoms with van der Waals surface area (Å²) in [6.07, 6.45) is 0. The maximum absolute atomic E-state index is 12.7. The zero-order valence-electron chi connectivity index (χ0n) is 8.69. The Morgan fingerprint density at radius 2 is 1.59 bits per heavy atom. The van der Waals surface area contributed by atoms with Gasteiger partial charge in [0.1, 0.15) is 0 Å². The normalized spacial score (nSPS) is 10.2. The van der Waals surface area contributed by atoms with E-state index in [0.29, 0.717) is 5.56 Å². The van der Waals surface area contributed by atoms with Crippen LogP contribution in [0.2, 0.25) is 0 Å². The third kappa shape index (κ3) is 3.50. The van der Waals surface area contributed by atoms with E-state index in [1.807, 2.05) is 12.1 Å². The third-order valence-corrected chi connectivity index (χ3v) is 4.58. The SMILES string of the molecule is O=C([Se]c1ccc(F)cc1)c1ccc(Br)cc1. The molecule has 0 amide bonds. The predicted octanol–water partition coefficient (Wildman–Crippen LogP) is 2.76. The van der Waals surface area contributed by atoms with Gasteiger partial charge in [-0.05, 0) is 0 Å². The van der Waals surface area contributed by atoms with E-state index in [4.69, 9.17) is 0 Å². The van der Waals surface area contributed by atoms with E-state index in [-0.39, 0.29) is 25.5 Å². The van der Waals surface area contributed by atoms with Crippen molar-refractivity contribution < 1.29 is 9.18 Å². The van der Waals surface area contributed by atoms with Gasteiger partial charge in [-0.3, -0.25) is 0 Å². The molecule has 2 aromatic carbocycles. The zero-order chi connectivity index (χ0) is 12.3. The van der Waals surface area contributed by atoms with Gasteiger partial charge in [-0.1, -0.05) is 0 Å². The summed E-state index contributed by atoms with van der Waals surface area (Å²) < 4.78 is 14.6. The second kappa shape index (κ2) is 5.58. The second-order valence-electron chi connectivity index (χ2n) is 3.35. The number of carbonyl (C=O) groups is 1. The quantitative estimate of drug-likeness (QED) is 0.772. The van der Waals surface area contributed by atoms with Gasteiger partial charge < -0.3 is 0 Å². The summed E-state index contributed by atoms with van der Waals surface area (Å²) >= 11 is 3.02. The Balaban J connectivity index is 2.11. The number of halogens is 2. The first-order valence-electron chi connectivity index (χ1n) is 4.88. The van der Waals surface area contributed by atoms with E-state index in [2.05, 4.69) is 15.9 Å². The molecule has 86 valence electrons. The van der Waals surface area contributed by atoms with Crippen molar-refractivity contribution in [1.29, 1.82) is 0 Å². The van der Waals surface area contributed by atoms with Crippen molar-refractivity contribution in [3.63, 3.8) is 0 Å². The monoisotopic (exact) mass is 358 g/mol. The van der Waals surface area contributed by atoms with Crippen LogP contribution in [0.15, 0.2) is 53.0 Å². The Kier molecular flexibility index (Phi) is 4.10. The van der Waals surface area contributed by atoms with Gasteiger partial charge in [-0.15, -0.1) is 0 Å². The van der Waals surface area contributed by atoms with Crippen LogP contribution in [-0.4, -0.2) is 19.6 Å². The molecule has 0 fully saturated rings. The third-order valence-electron chi connectivity index (χ3n) is 2.10. The van der Waals surface area contributed by atoms with E-state index < -0.39 is 0 Å². The van der Waals surface area contributed by atoms with Crippen molar-refractivity contribution in [3.05, 3.63) is 64.4 Å². The Labute approximate surface area is 113 Å². The minimum absolute atomic E-state index is 0.0941. The molecule has 0 heterocycles. The standard InChI is InChI=1S/C13H8BrFOSe/c14-10-3-1-9(2-4-10)13(16)17-12-7-5-11(15)6-8-12/h1-8H. The first kappa shape index (κ1) is 12.5. The van der Waals surface area contributed by atoms with Gasteiger partial charge >= 0.3 is 114 Å². The van der Waals surface area contributed by atoms with E-state index in [0.717, 1.165) is 8.93 Å². The molecular weight excluding hydrogens is 350 g/mol. The molecule has 0 bridgehead atoms. The number of rotatable bonds is 3. The molecule has 0 radical (unpaired) electrons. The average molecular weight is 358 g/mol. The summed E-state index contributed by atoms with van der Waals surface area (Å²) in [6, 6.07) is 13.3. The fourth-order valence-electron chi connectivity index (χ4n) is 1.25. The first-order valence-corrected chi connectivity index (χ1v) is 7.39. The molecule has 0 spiro atoms. The molecule has 0 aliphatic heterocycles. The van der Waals surface area contributed by atoms with E-state index in [1.54, 1.807) is 24.3 Å². The summed E-state index contributed by atoms with van der Waals surface area (Å²) in [5.74, 6) is -0.277. The van der Waals surface area contributed by atoms with Crippen molar-refractivity contribution >= 4 is 40.0 Å². The van der Waals surface area contributed by atoms with Gasteiger partial charge in [0.15, 0.2) is 0 Å². The van der Waals surface area contributed by atoms with Crippen molar-refractivity contribution in [2.24, 2.45) is 0 Å². The Hall–Kier alpha value is -0.961. The van der Waals surface area contributed by atoms with Crippen LogP contribution in [0.3, 0.4) is 0 Å². The molecule has 1 nitrogen and oxygen atoms in total. The van der Waals surface area contributed by atoms with Crippen molar-refractivity contribution in [3.8, 4) is 0 Å². The van der Waals surface area contributed by atoms with Gasteiger partial charge in [0, 0.05) is 0 Å². The number of carbonyl (C=O) groups excluding carboxylic acids is 1. The predicted molar refractivity (Wildman–Crippen MR) is 70.3 cm³/mol. The maximum atomic E-state index is 12.7. The summed E-state index contributed by atoms with van der Waals surface area (Å²) in [4.78, 5) is 11.9. The Bertz CT molecular complexity index is 522. The second-order valence-corrected chi connectivity index (χ2v) is 6.46. The molecule has 0 aliphatic rings. The molecule has 0 saturated carbocycles. The van der Waals surface area contributed by atoms with E-state index in [1.165, 1.54) is 12.1 Å². The molecule has 17 heavy (non-hydrogen) atoms. The minimum atomic E-state index is -0.304. The van der Waals surface area contributed by atoms with Gasteiger partial charge in [0.05, 0.1) is 0 Å². The number of hydrogen-bond donors (Lipinski definition) is 0. The summed E-state index contributed by atoms with van der Waals surface area (Å²) in [7, 11) is 0. The fraction of sp³-hybridized carbons (Fsp3) is 0. The number of hydrogen-bond acceptors (Lipinski definition) is 1. The van der Waals surface area contributed by atoms with Crippen LogP contribution < -0.4 is 4.46 Å². The molecule has 0 aliphatic carbocycles. The van der Waals surface area contributed by atoms with Crippen molar-refractivity contribution in [2.75, 3.05) is 0 Å². The molecule has 2 aromatic rings. The molecule has 4 heteroatoms. The van der Waals surface area contributed by atoms with E-state index in [9.17, 15) is 9.18 Å². The topological polar surface area (TPSA) is 17.1 Å². The van der Waals surface area contributed by atoms with Crippen LogP contribution in [0, 0.1) is 5.82 Å². The van der Waals surface area contributed by atoms with Crippen LogP contribution >= 0.6 is 15.9 Å². The van der Waals surface area contributed by atoms with Crippen molar-refractivity contribution in [1.82, 2.24) is 0 Å². The van der Waals surface area contributed by atoms with E-state index >= 15 is 0 Å². The van der Waals surface area contributed by atoms with Crippen LogP contribution in [0.5, 0.6) is 0 Å². The molecule has 0 atom stereocenters. The van der Waals surface area contributed by atoms with Crippen molar-refractivity contribution in [2.45, 2.75) is 0 Å². The molecular formula is C13H8BrFOSe. The summed E-state index contributed by atoms with van der Waals surface area (Å²) in [6.45, 7) is 0. The number of benzene rings is 2. The van der Waals surface area contributed by atoms with Crippen LogP contribution in [0.25, 0.3) is 0 Å². The summed E-state index contributed by atoms with van der Waals surface area (Å²) in [5, 5.41) is 0. The summed E-state index contributed by atoms with van der Waals surface area (Å²) in [5.41, 5.74) is 0.692. The molecule has 0 aromatic heterocycles.